The van der Waals surface area contributed by atoms with Crippen molar-refractivity contribution in [3.8, 4) is 5.75 Å². The van der Waals surface area contributed by atoms with Gasteiger partial charge in [0.15, 0.2) is 0 Å². The molecule has 3 rings (SSSR count). The number of hydrogen-bond acceptors (Lipinski definition) is 4. The number of nitrogens with one attached hydrogen (secondary N) is 1. The Balaban J connectivity index is 1.86. The molecule has 0 spiro atoms. The third kappa shape index (κ3) is 3.28. The molecule has 6 heteroatoms. The van der Waals surface area contributed by atoms with Gasteiger partial charge in [0.1, 0.15) is 23.0 Å². The Labute approximate surface area is 136 Å². The molecule has 0 saturated carbocycles. The summed E-state index contributed by atoms with van der Waals surface area (Å²) in [4.78, 5) is 11.6. The zero-order chi connectivity index (χ0) is 17.3. The minimum atomic E-state index is -0.630. The third-order valence-electron chi connectivity index (χ3n) is 3.84. The summed E-state index contributed by atoms with van der Waals surface area (Å²) >= 11 is 0. The minimum absolute atomic E-state index is 0.00231. The van der Waals surface area contributed by atoms with Crippen molar-refractivity contribution in [2.45, 2.75) is 19.5 Å². The van der Waals surface area contributed by atoms with Gasteiger partial charge in [-0.3, -0.25) is 0 Å². The van der Waals surface area contributed by atoms with Crippen molar-refractivity contribution in [1.82, 2.24) is 5.32 Å². The summed E-state index contributed by atoms with van der Waals surface area (Å²) in [6.45, 7) is 2.03. The van der Waals surface area contributed by atoms with Gasteiger partial charge in [0.25, 0.3) is 0 Å². The topological polar surface area (TPSA) is 62.5 Å². The highest BCUT2D eigenvalue weighted by atomic mass is 19.1. The molecule has 0 bridgehead atoms. The molecule has 124 valence electrons. The second-order valence-corrected chi connectivity index (χ2v) is 5.54. The number of fused-ring (bicyclic) bond motifs is 1. The van der Waals surface area contributed by atoms with Crippen molar-refractivity contribution in [3.63, 3.8) is 0 Å². The maximum absolute atomic E-state index is 13.8. The van der Waals surface area contributed by atoms with E-state index in [1.807, 2.05) is 0 Å². The summed E-state index contributed by atoms with van der Waals surface area (Å²) < 4.78 is 31.9. The molecule has 0 radical (unpaired) electrons. The van der Waals surface area contributed by atoms with Crippen molar-refractivity contribution >= 4 is 11.0 Å². The largest absolute Gasteiger partial charge is 0.508 e. The van der Waals surface area contributed by atoms with Gasteiger partial charge in [-0.2, -0.15) is 0 Å². The molecular weight excluding hydrogens is 316 g/mol. The van der Waals surface area contributed by atoms with Crippen LogP contribution in [0.25, 0.3) is 11.0 Å². The number of hydrogen-bond donors (Lipinski definition) is 2. The summed E-state index contributed by atoms with van der Waals surface area (Å²) in [6.07, 6.45) is 0. The van der Waals surface area contributed by atoms with Crippen LogP contribution in [0.1, 0.15) is 24.1 Å². The van der Waals surface area contributed by atoms with Gasteiger partial charge in [-0.15, -0.1) is 0 Å². The van der Waals surface area contributed by atoms with E-state index in [1.54, 1.807) is 13.0 Å². The summed E-state index contributed by atoms with van der Waals surface area (Å²) in [5, 5.41) is 13.3. The van der Waals surface area contributed by atoms with Crippen LogP contribution in [-0.2, 0) is 6.54 Å². The second kappa shape index (κ2) is 6.41. The zero-order valence-corrected chi connectivity index (χ0v) is 12.8. The van der Waals surface area contributed by atoms with Gasteiger partial charge in [-0.05, 0) is 30.7 Å². The van der Waals surface area contributed by atoms with E-state index in [0.29, 0.717) is 16.5 Å². The normalized spacial score (nSPS) is 12.5. The summed E-state index contributed by atoms with van der Waals surface area (Å²) in [5.74, 6) is -1.26. The first-order valence-electron chi connectivity index (χ1n) is 7.38. The number of aromatic hydroxyl groups is 1. The van der Waals surface area contributed by atoms with Crippen molar-refractivity contribution in [3.05, 3.63) is 75.6 Å². The molecule has 0 aliphatic rings. The van der Waals surface area contributed by atoms with E-state index in [1.165, 1.54) is 30.3 Å². The first-order valence-corrected chi connectivity index (χ1v) is 7.38. The average Bonchev–Trinajstić information content (AvgIpc) is 2.51. The van der Waals surface area contributed by atoms with E-state index in [9.17, 15) is 18.7 Å². The Kier molecular flexibility index (Phi) is 4.31. The Morgan fingerprint density at radius 2 is 1.96 bits per heavy atom. The fourth-order valence-corrected chi connectivity index (χ4v) is 2.59. The predicted molar refractivity (Wildman–Crippen MR) is 85.8 cm³/mol. The first kappa shape index (κ1) is 16.1. The van der Waals surface area contributed by atoms with E-state index < -0.39 is 17.3 Å². The van der Waals surface area contributed by atoms with Crippen LogP contribution < -0.4 is 10.9 Å². The van der Waals surface area contributed by atoms with Crippen LogP contribution in [0.3, 0.4) is 0 Å². The molecular formula is C18H15F2NO3. The predicted octanol–water partition coefficient (Wildman–Crippen LogP) is 3.63. The number of benzene rings is 2. The fraction of sp³-hybridized carbons (Fsp3) is 0.167. The zero-order valence-electron chi connectivity index (χ0n) is 12.8. The van der Waals surface area contributed by atoms with E-state index in [-0.39, 0.29) is 23.9 Å². The van der Waals surface area contributed by atoms with Crippen molar-refractivity contribution in [2.24, 2.45) is 0 Å². The van der Waals surface area contributed by atoms with E-state index >= 15 is 0 Å². The van der Waals surface area contributed by atoms with Gasteiger partial charge in [-0.1, -0.05) is 6.07 Å². The van der Waals surface area contributed by atoms with Crippen molar-refractivity contribution in [1.29, 1.82) is 0 Å². The van der Waals surface area contributed by atoms with Crippen molar-refractivity contribution < 1.29 is 18.3 Å². The summed E-state index contributed by atoms with van der Waals surface area (Å²) in [5.41, 5.74) is 0.738. The lowest BCUT2D eigenvalue weighted by Gasteiger charge is -2.16. The molecule has 0 fully saturated rings. The van der Waals surface area contributed by atoms with E-state index in [2.05, 4.69) is 5.32 Å². The number of phenols is 1. The van der Waals surface area contributed by atoms with Crippen molar-refractivity contribution in [2.75, 3.05) is 0 Å². The number of halogens is 2. The van der Waals surface area contributed by atoms with Gasteiger partial charge < -0.3 is 14.8 Å². The Bertz CT molecular complexity index is 953. The van der Waals surface area contributed by atoms with Gasteiger partial charge in [-0.25, -0.2) is 13.6 Å². The number of phenolic OH excluding ortho intramolecular Hbond substituents is 1. The molecule has 1 heterocycles. The van der Waals surface area contributed by atoms with Crippen LogP contribution in [0.2, 0.25) is 0 Å². The van der Waals surface area contributed by atoms with E-state index in [0.717, 1.165) is 6.07 Å². The average molecular weight is 331 g/mol. The van der Waals surface area contributed by atoms with Gasteiger partial charge in [0.2, 0.25) is 0 Å². The fourth-order valence-electron chi connectivity index (χ4n) is 2.59. The van der Waals surface area contributed by atoms with Crippen LogP contribution in [0.5, 0.6) is 5.75 Å². The van der Waals surface area contributed by atoms with Gasteiger partial charge in [0, 0.05) is 41.7 Å². The maximum atomic E-state index is 13.8. The molecule has 0 unspecified atom stereocenters. The van der Waals surface area contributed by atoms with Crippen LogP contribution >= 0.6 is 0 Å². The van der Waals surface area contributed by atoms with Crippen LogP contribution in [0, 0.1) is 11.6 Å². The highest BCUT2D eigenvalue weighted by Crippen LogP contribution is 2.23. The van der Waals surface area contributed by atoms with Crippen LogP contribution in [0.4, 0.5) is 8.78 Å². The molecule has 3 aromatic rings. The molecule has 0 amide bonds. The Morgan fingerprint density at radius 3 is 2.71 bits per heavy atom. The smallest absolute Gasteiger partial charge is 0.336 e. The molecule has 2 aromatic carbocycles. The number of rotatable bonds is 4. The third-order valence-corrected chi connectivity index (χ3v) is 3.84. The molecule has 4 nitrogen and oxygen atoms in total. The summed E-state index contributed by atoms with van der Waals surface area (Å²) in [7, 11) is 0. The monoisotopic (exact) mass is 331 g/mol. The molecule has 0 aliphatic carbocycles. The lowest BCUT2D eigenvalue weighted by molar-refractivity contribution is 0.472. The molecule has 0 aliphatic heterocycles. The molecule has 1 atom stereocenters. The van der Waals surface area contributed by atoms with Gasteiger partial charge >= 0.3 is 5.63 Å². The Morgan fingerprint density at radius 1 is 1.17 bits per heavy atom. The molecule has 24 heavy (non-hydrogen) atoms. The summed E-state index contributed by atoms with van der Waals surface area (Å²) in [6, 6.07) is 8.89. The van der Waals surface area contributed by atoms with E-state index in [4.69, 9.17) is 4.42 Å². The maximum Gasteiger partial charge on any atom is 0.336 e. The quantitative estimate of drug-likeness (QED) is 0.717. The highest BCUT2D eigenvalue weighted by molar-refractivity contribution is 5.81. The lowest BCUT2D eigenvalue weighted by Crippen LogP contribution is -2.20. The minimum Gasteiger partial charge on any atom is -0.508 e. The molecule has 2 N–H and O–H groups in total. The molecule has 0 saturated heterocycles. The Hall–Kier alpha value is -2.73. The SMILES string of the molecule is C[C@@H](NCc1cc(=O)oc2cc(O)ccc12)c1ccc(F)cc1F. The van der Waals surface area contributed by atoms with Gasteiger partial charge in [0.05, 0.1) is 0 Å². The molecule has 1 aromatic heterocycles. The van der Waals surface area contributed by atoms with Crippen LogP contribution in [0.15, 0.2) is 51.7 Å². The first-order chi connectivity index (χ1) is 11.4. The standard InChI is InChI=1S/C18H15F2NO3/c1-10(14-4-2-12(19)7-16(14)20)21-9-11-6-18(23)24-17-8-13(22)3-5-15(11)17/h2-8,10,21-22H,9H2,1H3/t10-/m1/s1. The lowest BCUT2D eigenvalue weighted by atomic mass is 10.1. The second-order valence-electron chi connectivity index (χ2n) is 5.54. The van der Waals surface area contributed by atoms with Crippen LogP contribution in [-0.4, -0.2) is 5.11 Å². The highest BCUT2D eigenvalue weighted by Gasteiger charge is 2.13.